The third kappa shape index (κ3) is 5.25. The second-order valence-electron chi connectivity index (χ2n) is 7.91. The van der Waals surface area contributed by atoms with Crippen molar-refractivity contribution >= 4 is 5.91 Å². The molecule has 3 aromatic rings. The number of rotatable bonds is 7. The fourth-order valence-electron chi connectivity index (χ4n) is 3.75. The van der Waals surface area contributed by atoms with Crippen molar-refractivity contribution in [3.05, 3.63) is 53.1 Å². The van der Waals surface area contributed by atoms with Gasteiger partial charge in [0.2, 0.25) is 5.82 Å². The van der Waals surface area contributed by atoms with Crippen LogP contribution < -0.4 is 15.4 Å². The van der Waals surface area contributed by atoms with Crippen molar-refractivity contribution in [1.82, 2.24) is 35.8 Å². The first-order valence-corrected chi connectivity index (χ1v) is 10.6. The highest BCUT2D eigenvalue weighted by atomic mass is 19.1. The van der Waals surface area contributed by atoms with E-state index in [-0.39, 0.29) is 23.9 Å². The molecular formula is C22H26FN7O2. The number of carbonyl (C=O) groups excluding carboxylic acids is 1. The molecule has 32 heavy (non-hydrogen) atoms. The molecule has 1 aliphatic rings. The van der Waals surface area contributed by atoms with E-state index in [0.717, 1.165) is 25.9 Å². The van der Waals surface area contributed by atoms with Crippen molar-refractivity contribution in [1.29, 1.82) is 0 Å². The van der Waals surface area contributed by atoms with Gasteiger partial charge in [0.05, 0.1) is 13.7 Å². The molecule has 1 saturated heterocycles. The fraction of sp³-hybridized carbons (Fsp3) is 0.409. The molecule has 0 radical (unpaired) electrons. The number of tetrazole rings is 1. The average Bonchev–Trinajstić information content (AvgIpc) is 3.27. The predicted molar refractivity (Wildman–Crippen MR) is 116 cm³/mol. The van der Waals surface area contributed by atoms with Gasteiger partial charge in [0, 0.05) is 17.8 Å². The van der Waals surface area contributed by atoms with Gasteiger partial charge in [0.15, 0.2) is 11.6 Å². The minimum absolute atomic E-state index is 0.130. The second kappa shape index (κ2) is 9.82. The topological polar surface area (TPSA) is 107 Å². The van der Waals surface area contributed by atoms with Crippen LogP contribution in [0.4, 0.5) is 4.39 Å². The minimum Gasteiger partial charge on any atom is -0.494 e. The third-order valence-electron chi connectivity index (χ3n) is 5.39. The molecule has 1 atom stereocenters. The molecule has 2 aromatic heterocycles. The van der Waals surface area contributed by atoms with E-state index >= 15 is 0 Å². The van der Waals surface area contributed by atoms with Gasteiger partial charge in [-0.25, -0.2) is 9.37 Å². The molecule has 3 heterocycles. The van der Waals surface area contributed by atoms with E-state index in [0.29, 0.717) is 35.1 Å². The molecule has 168 valence electrons. The lowest BCUT2D eigenvalue weighted by Gasteiger charge is -2.21. The Morgan fingerprint density at radius 2 is 2.22 bits per heavy atom. The van der Waals surface area contributed by atoms with Crippen LogP contribution in [0.3, 0.4) is 0 Å². The Morgan fingerprint density at radius 3 is 3.00 bits per heavy atom. The number of hydrogen-bond acceptors (Lipinski definition) is 7. The van der Waals surface area contributed by atoms with Crippen molar-refractivity contribution in [2.45, 2.75) is 32.9 Å². The number of pyridine rings is 1. The highest BCUT2D eigenvalue weighted by Gasteiger charge is 2.17. The van der Waals surface area contributed by atoms with Crippen LogP contribution in [-0.4, -0.2) is 51.3 Å². The normalized spacial score (nSPS) is 16.0. The van der Waals surface area contributed by atoms with E-state index in [9.17, 15) is 9.18 Å². The number of carbonyl (C=O) groups is 1. The van der Waals surface area contributed by atoms with Crippen molar-refractivity contribution in [2.75, 3.05) is 20.2 Å². The lowest BCUT2D eigenvalue weighted by Crippen LogP contribution is -2.32. The van der Waals surface area contributed by atoms with Crippen LogP contribution in [0.5, 0.6) is 5.75 Å². The molecule has 2 N–H and O–H groups in total. The van der Waals surface area contributed by atoms with E-state index in [1.807, 2.05) is 13.0 Å². The van der Waals surface area contributed by atoms with Crippen molar-refractivity contribution in [2.24, 2.45) is 5.92 Å². The Labute approximate surface area is 185 Å². The number of nitrogens with one attached hydrogen (secondary N) is 2. The number of halogens is 1. The summed E-state index contributed by atoms with van der Waals surface area (Å²) < 4.78 is 18.6. The summed E-state index contributed by atoms with van der Waals surface area (Å²) in [7, 11) is 1.40. The maximum atomic E-state index is 13.6. The summed E-state index contributed by atoms with van der Waals surface area (Å²) >= 11 is 0. The number of methoxy groups -OCH3 is 1. The number of aromatic nitrogens is 5. The molecule has 0 bridgehead atoms. The van der Waals surface area contributed by atoms with E-state index in [2.05, 4.69) is 31.0 Å². The number of piperidine rings is 1. The van der Waals surface area contributed by atoms with Crippen LogP contribution in [0.25, 0.3) is 11.4 Å². The van der Waals surface area contributed by atoms with Crippen molar-refractivity contribution < 1.29 is 13.9 Å². The molecule has 0 saturated carbocycles. The average molecular weight is 439 g/mol. The fourth-order valence-corrected chi connectivity index (χ4v) is 3.75. The first-order valence-electron chi connectivity index (χ1n) is 10.6. The van der Waals surface area contributed by atoms with Crippen LogP contribution in [0.1, 0.15) is 34.6 Å². The molecule has 9 nitrogen and oxygen atoms in total. The molecule has 1 fully saturated rings. The van der Waals surface area contributed by atoms with Crippen LogP contribution in [0.2, 0.25) is 0 Å². The number of hydrogen-bond donors (Lipinski definition) is 2. The van der Waals surface area contributed by atoms with E-state index in [4.69, 9.17) is 4.74 Å². The van der Waals surface area contributed by atoms with E-state index < -0.39 is 5.82 Å². The lowest BCUT2D eigenvalue weighted by atomic mass is 10.0. The highest BCUT2D eigenvalue weighted by Crippen LogP contribution is 2.19. The number of nitrogens with zero attached hydrogens (tertiary/aromatic N) is 5. The second-order valence-corrected chi connectivity index (χ2v) is 7.91. The monoisotopic (exact) mass is 439 g/mol. The quantitative estimate of drug-likeness (QED) is 0.581. The summed E-state index contributed by atoms with van der Waals surface area (Å²) in [4.78, 5) is 18.6. The van der Waals surface area contributed by atoms with Gasteiger partial charge in [0.1, 0.15) is 5.69 Å². The highest BCUT2D eigenvalue weighted by molar-refractivity contribution is 5.93. The summed E-state index contributed by atoms with van der Waals surface area (Å²) in [6, 6.07) is 7.93. The van der Waals surface area contributed by atoms with Gasteiger partial charge in [-0.1, -0.05) is 6.07 Å². The summed E-state index contributed by atoms with van der Waals surface area (Å²) in [5.74, 6) is 0.269. The summed E-state index contributed by atoms with van der Waals surface area (Å²) in [6.07, 6.45) is 2.29. The maximum absolute atomic E-state index is 13.6. The number of aryl methyl sites for hydroxylation is 1. The molecule has 1 unspecified atom stereocenters. The first-order chi connectivity index (χ1) is 15.5. The van der Waals surface area contributed by atoms with Crippen molar-refractivity contribution in [3.8, 4) is 17.1 Å². The van der Waals surface area contributed by atoms with Gasteiger partial charge in [-0.2, -0.15) is 4.80 Å². The SMILES string of the molecule is COc1cc(CNC(=O)c2cc(-c3nnn(CC4CCCNC4)n3)cc(C)n2)ccc1F. The summed E-state index contributed by atoms with van der Waals surface area (Å²) in [5.41, 5.74) is 2.32. The first kappa shape index (κ1) is 21.8. The Bertz CT molecular complexity index is 1100. The van der Waals surface area contributed by atoms with Crippen molar-refractivity contribution in [3.63, 3.8) is 0 Å². The Balaban J connectivity index is 1.44. The summed E-state index contributed by atoms with van der Waals surface area (Å²) in [6.45, 7) is 4.74. The van der Waals surface area contributed by atoms with Crippen LogP contribution in [0, 0.1) is 18.7 Å². The lowest BCUT2D eigenvalue weighted by molar-refractivity contribution is 0.0945. The van der Waals surface area contributed by atoms with Gasteiger partial charge < -0.3 is 15.4 Å². The smallest absolute Gasteiger partial charge is 0.270 e. The summed E-state index contributed by atoms with van der Waals surface area (Å²) in [5, 5.41) is 19.0. The Kier molecular flexibility index (Phi) is 6.69. The van der Waals surface area contributed by atoms with Gasteiger partial charge in [0.25, 0.3) is 5.91 Å². The third-order valence-corrected chi connectivity index (χ3v) is 5.39. The molecule has 10 heteroatoms. The predicted octanol–water partition coefficient (Wildman–Crippen LogP) is 2.12. The molecule has 1 aliphatic heterocycles. The molecule has 0 aliphatic carbocycles. The van der Waals surface area contributed by atoms with Crippen LogP contribution in [0.15, 0.2) is 30.3 Å². The zero-order valence-corrected chi connectivity index (χ0v) is 18.1. The molecule has 4 rings (SSSR count). The van der Waals surface area contributed by atoms with Gasteiger partial charge >= 0.3 is 0 Å². The molecule has 0 spiro atoms. The zero-order chi connectivity index (χ0) is 22.5. The number of amides is 1. The van der Waals surface area contributed by atoms with Gasteiger partial charge in [-0.15, -0.1) is 10.2 Å². The Hall–Kier alpha value is -3.40. The van der Waals surface area contributed by atoms with E-state index in [1.54, 1.807) is 23.0 Å². The van der Waals surface area contributed by atoms with Crippen LogP contribution in [-0.2, 0) is 13.1 Å². The molecule has 1 aromatic carbocycles. The van der Waals surface area contributed by atoms with Gasteiger partial charge in [-0.3, -0.25) is 4.79 Å². The van der Waals surface area contributed by atoms with E-state index in [1.165, 1.54) is 13.2 Å². The molecular weight excluding hydrogens is 413 g/mol. The number of benzene rings is 1. The largest absolute Gasteiger partial charge is 0.494 e. The van der Waals surface area contributed by atoms with Gasteiger partial charge in [-0.05, 0) is 73.8 Å². The maximum Gasteiger partial charge on any atom is 0.270 e. The van der Waals surface area contributed by atoms with Crippen LogP contribution >= 0.6 is 0 Å². The molecule has 1 amide bonds. The Morgan fingerprint density at radius 1 is 1.34 bits per heavy atom. The standard InChI is InChI=1S/C22H26FN7O2/c1-14-8-17(21-27-29-30(28-21)13-16-4-3-7-24-11-16)10-19(26-14)22(31)25-12-15-5-6-18(23)20(9-15)32-2/h5-6,8-10,16,24H,3-4,7,11-13H2,1-2H3,(H,25,31). The zero-order valence-electron chi connectivity index (χ0n) is 18.1. The minimum atomic E-state index is -0.451. The number of ether oxygens (including phenoxy) is 1.